The Morgan fingerprint density at radius 2 is 1.75 bits per heavy atom. The van der Waals surface area contributed by atoms with Crippen LogP contribution < -0.4 is 5.32 Å². The highest BCUT2D eigenvalue weighted by Gasteiger charge is 2.27. The molecule has 88 valence electrons. The second kappa shape index (κ2) is 5.01. The van der Waals surface area contributed by atoms with Crippen LogP contribution in [0.2, 0.25) is 0 Å². The van der Waals surface area contributed by atoms with Crippen LogP contribution in [0.25, 0.3) is 0 Å². The van der Waals surface area contributed by atoms with Crippen LogP contribution >= 0.6 is 0 Å². The maximum atomic E-state index is 3.75. The lowest BCUT2D eigenvalue weighted by atomic mass is 9.99. The van der Waals surface area contributed by atoms with Gasteiger partial charge in [0, 0.05) is 12.1 Å². The predicted octanol–water partition coefficient (Wildman–Crippen LogP) is 3.67. The highest BCUT2D eigenvalue weighted by molar-refractivity contribution is 5.27. The predicted molar refractivity (Wildman–Crippen MR) is 69.5 cm³/mol. The van der Waals surface area contributed by atoms with Gasteiger partial charge in [-0.2, -0.15) is 0 Å². The largest absolute Gasteiger partial charge is 0.307 e. The van der Waals surface area contributed by atoms with Crippen molar-refractivity contribution in [1.82, 2.24) is 5.32 Å². The summed E-state index contributed by atoms with van der Waals surface area (Å²) in [4.78, 5) is 0. The molecule has 1 N–H and O–H groups in total. The Bertz CT molecular complexity index is 337. The molecule has 1 aromatic rings. The first-order chi connectivity index (χ1) is 7.73. The molecule has 0 aliphatic heterocycles. The Morgan fingerprint density at radius 1 is 1.12 bits per heavy atom. The third-order valence-corrected chi connectivity index (χ3v) is 3.91. The van der Waals surface area contributed by atoms with E-state index in [2.05, 4.69) is 43.4 Å². The van der Waals surface area contributed by atoms with Gasteiger partial charge in [0.05, 0.1) is 0 Å². The molecule has 0 aromatic heterocycles. The summed E-state index contributed by atoms with van der Waals surface area (Å²) in [7, 11) is 0. The SMILES string of the molecule is CCc1ccccc1CNC1(C)CCCC1. The van der Waals surface area contributed by atoms with E-state index in [1.807, 2.05) is 0 Å². The molecule has 16 heavy (non-hydrogen) atoms. The first kappa shape index (κ1) is 11.7. The first-order valence-corrected chi connectivity index (χ1v) is 6.55. The van der Waals surface area contributed by atoms with Crippen molar-refractivity contribution >= 4 is 0 Å². The lowest BCUT2D eigenvalue weighted by Crippen LogP contribution is -2.38. The van der Waals surface area contributed by atoms with E-state index >= 15 is 0 Å². The van der Waals surface area contributed by atoms with Gasteiger partial charge < -0.3 is 5.32 Å². The van der Waals surface area contributed by atoms with E-state index in [0.29, 0.717) is 5.54 Å². The van der Waals surface area contributed by atoms with Crippen LogP contribution in [0.1, 0.15) is 50.7 Å². The molecule has 1 aliphatic rings. The Hall–Kier alpha value is -0.820. The molecular formula is C15H23N. The second-order valence-corrected chi connectivity index (χ2v) is 5.24. The number of nitrogens with one attached hydrogen (secondary N) is 1. The Labute approximate surface area is 99.3 Å². The summed E-state index contributed by atoms with van der Waals surface area (Å²) >= 11 is 0. The van der Waals surface area contributed by atoms with Crippen molar-refractivity contribution < 1.29 is 0 Å². The summed E-state index contributed by atoms with van der Waals surface area (Å²) < 4.78 is 0. The smallest absolute Gasteiger partial charge is 0.0213 e. The highest BCUT2D eigenvalue weighted by atomic mass is 15.0. The maximum Gasteiger partial charge on any atom is 0.0213 e. The number of aryl methyl sites for hydroxylation is 1. The summed E-state index contributed by atoms with van der Waals surface area (Å²) in [6.45, 7) is 5.63. The Morgan fingerprint density at radius 3 is 2.38 bits per heavy atom. The fourth-order valence-electron chi connectivity index (χ4n) is 2.72. The average molecular weight is 217 g/mol. The van der Waals surface area contributed by atoms with Crippen LogP contribution in [0.15, 0.2) is 24.3 Å². The van der Waals surface area contributed by atoms with E-state index in [4.69, 9.17) is 0 Å². The van der Waals surface area contributed by atoms with E-state index in [1.165, 1.54) is 36.8 Å². The number of rotatable bonds is 4. The summed E-state index contributed by atoms with van der Waals surface area (Å²) in [5.41, 5.74) is 3.34. The van der Waals surface area contributed by atoms with Gasteiger partial charge in [0.1, 0.15) is 0 Å². The zero-order chi connectivity index (χ0) is 11.4. The molecule has 0 bridgehead atoms. The highest BCUT2D eigenvalue weighted by Crippen LogP contribution is 2.29. The minimum Gasteiger partial charge on any atom is -0.307 e. The molecule has 1 saturated carbocycles. The van der Waals surface area contributed by atoms with Crippen molar-refractivity contribution in [2.75, 3.05) is 0 Å². The summed E-state index contributed by atoms with van der Waals surface area (Å²) in [6.07, 6.45) is 6.58. The van der Waals surface area contributed by atoms with Crippen LogP contribution in [-0.2, 0) is 13.0 Å². The van der Waals surface area contributed by atoms with Crippen molar-refractivity contribution in [3.05, 3.63) is 35.4 Å². The van der Waals surface area contributed by atoms with Crippen molar-refractivity contribution in [2.45, 2.75) is 58.0 Å². The first-order valence-electron chi connectivity index (χ1n) is 6.55. The lowest BCUT2D eigenvalue weighted by Gasteiger charge is -2.26. The molecule has 0 atom stereocenters. The molecule has 2 rings (SSSR count). The van der Waals surface area contributed by atoms with Crippen molar-refractivity contribution in [3.8, 4) is 0 Å². The van der Waals surface area contributed by atoms with Crippen molar-refractivity contribution in [3.63, 3.8) is 0 Å². The van der Waals surface area contributed by atoms with Crippen molar-refractivity contribution in [2.24, 2.45) is 0 Å². The monoisotopic (exact) mass is 217 g/mol. The van der Waals surface area contributed by atoms with E-state index in [-0.39, 0.29) is 0 Å². The molecule has 1 aliphatic carbocycles. The third-order valence-electron chi connectivity index (χ3n) is 3.91. The molecule has 0 radical (unpaired) electrons. The minimum atomic E-state index is 0.390. The molecule has 0 spiro atoms. The van der Waals surface area contributed by atoms with Crippen molar-refractivity contribution in [1.29, 1.82) is 0 Å². The fraction of sp³-hybridized carbons (Fsp3) is 0.600. The van der Waals surface area contributed by atoms with Crippen LogP contribution in [0, 0.1) is 0 Å². The van der Waals surface area contributed by atoms with Gasteiger partial charge in [0.2, 0.25) is 0 Å². The van der Waals surface area contributed by atoms with Gasteiger partial charge >= 0.3 is 0 Å². The van der Waals surface area contributed by atoms with Gasteiger partial charge in [-0.25, -0.2) is 0 Å². The molecule has 0 heterocycles. The van der Waals surface area contributed by atoms with E-state index in [1.54, 1.807) is 0 Å². The quantitative estimate of drug-likeness (QED) is 0.811. The van der Waals surface area contributed by atoms with E-state index in [9.17, 15) is 0 Å². The normalized spacial score (nSPS) is 18.9. The van der Waals surface area contributed by atoms with Crippen LogP contribution in [0.3, 0.4) is 0 Å². The Kier molecular flexibility index (Phi) is 3.65. The molecule has 1 heteroatoms. The number of hydrogen-bond donors (Lipinski definition) is 1. The van der Waals surface area contributed by atoms with Gasteiger partial charge in [-0.3, -0.25) is 0 Å². The summed E-state index contributed by atoms with van der Waals surface area (Å²) in [5.74, 6) is 0. The fourth-order valence-corrected chi connectivity index (χ4v) is 2.72. The minimum absolute atomic E-state index is 0.390. The van der Waals surface area contributed by atoms with Gasteiger partial charge in [0.15, 0.2) is 0 Å². The standard InChI is InChI=1S/C15H23N/c1-3-13-8-4-5-9-14(13)12-16-15(2)10-6-7-11-15/h4-5,8-9,16H,3,6-7,10-12H2,1-2H3. The molecule has 0 amide bonds. The molecule has 1 aromatic carbocycles. The summed E-state index contributed by atoms with van der Waals surface area (Å²) in [5, 5.41) is 3.75. The molecule has 1 nitrogen and oxygen atoms in total. The number of hydrogen-bond acceptors (Lipinski definition) is 1. The van der Waals surface area contributed by atoms with Gasteiger partial charge in [-0.1, -0.05) is 44.0 Å². The molecule has 1 fully saturated rings. The van der Waals surface area contributed by atoms with Crippen LogP contribution in [0.4, 0.5) is 0 Å². The van der Waals surface area contributed by atoms with Crippen LogP contribution in [-0.4, -0.2) is 5.54 Å². The Balaban J connectivity index is 1.98. The van der Waals surface area contributed by atoms with Gasteiger partial charge in [0.25, 0.3) is 0 Å². The zero-order valence-corrected chi connectivity index (χ0v) is 10.6. The third kappa shape index (κ3) is 2.65. The van der Waals surface area contributed by atoms with Gasteiger partial charge in [-0.15, -0.1) is 0 Å². The second-order valence-electron chi connectivity index (χ2n) is 5.24. The lowest BCUT2D eigenvalue weighted by molar-refractivity contribution is 0.362. The van der Waals surface area contributed by atoms with Crippen LogP contribution in [0.5, 0.6) is 0 Å². The van der Waals surface area contributed by atoms with Gasteiger partial charge in [-0.05, 0) is 37.3 Å². The maximum absolute atomic E-state index is 3.75. The summed E-state index contributed by atoms with van der Waals surface area (Å²) in [6, 6.07) is 8.78. The average Bonchev–Trinajstić information content (AvgIpc) is 2.74. The molecule has 0 saturated heterocycles. The molecular weight excluding hydrogens is 194 g/mol. The topological polar surface area (TPSA) is 12.0 Å². The van der Waals surface area contributed by atoms with E-state index < -0.39 is 0 Å². The number of benzene rings is 1. The molecule has 0 unspecified atom stereocenters. The van der Waals surface area contributed by atoms with E-state index in [0.717, 1.165) is 13.0 Å². The zero-order valence-electron chi connectivity index (χ0n) is 10.6.